The molecule has 0 atom stereocenters. The van der Waals surface area contributed by atoms with Crippen LogP contribution in [0.4, 0.5) is 11.4 Å². The second-order valence-electron chi connectivity index (χ2n) is 5.45. The zero-order chi connectivity index (χ0) is 17.8. The lowest BCUT2D eigenvalue weighted by Gasteiger charge is -2.14. The monoisotopic (exact) mass is 353 g/mol. The molecule has 0 bridgehead atoms. The predicted molar refractivity (Wildman–Crippen MR) is 99.3 cm³/mol. The van der Waals surface area contributed by atoms with E-state index in [9.17, 15) is 5.11 Å². The van der Waals surface area contributed by atoms with Crippen LogP contribution in [0.2, 0.25) is 5.02 Å². The van der Waals surface area contributed by atoms with Crippen molar-refractivity contribution in [1.29, 1.82) is 0 Å². The number of anilines is 1. The normalized spacial score (nSPS) is 10.5. The van der Waals surface area contributed by atoms with Gasteiger partial charge < -0.3 is 15.2 Å². The summed E-state index contributed by atoms with van der Waals surface area (Å²) in [5.74, 6) is 0.623. The van der Waals surface area contributed by atoms with Gasteiger partial charge in [-0.25, -0.2) is 4.85 Å². The van der Waals surface area contributed by atoms with E-state index >= 15 is 0 Å². The van der Waals surface area contributed by atoms with Gasteiger partial charge in [-0.15, -0.1) is 0 Å². The topological polar surface area (TPSA) is 58.7 Å². The van der Waals surface area contributed by atoms with Crippen LogP contribution in [-0.4, -0.2) is 17.2 Å². The van der Waals surface area contributed by atoms with Crippen LogP contribution < -0.4 is 10.1 Å². The second kappa shape index (κ2) is 7.39. The van der Waals surface area contributed by atoms with E-state index in [1.807, 2.05) is 18.2 Å². The Morgan fingerprint density at radius 1 is 1.28 bits per heavy atom. The number of hydrogen-bond acceptors (Lipinski definition) is 4. The number of fused-ring (bicyclic) bond motifs is 1. The molecule has 0 fully saturated rings. The van der Waals surface area contributed by atoms with Gasteiger partial charge in [0.2, 0.25) is 0 Å². The molecule has 126 valence electrons. The van der Waals surface area contributed by atoms with Crippen molar-refractivity contribution in [1.82, 2.24) is 4.98 Å². The van der Waals surface area contributed by atoms with Gasteiger partial charge in [0, 0.05) is 29.4 Å². The summed E-state index contributed by atoms with van der Waals surface area (Å²) < 4.78 is 5.16. The number of aromatic nitrogens is 1. The summed E-state index contributed by atoms with van der Waals surface area (Å²) in [6.45, 7) is 7.56. The van der Waals surface area contributed by atoms with E-state index in [2.05, 4.69) is 15.1 Å². The van der Waals surface area contributed by atoms with Crippen molar-refractivity contribution in [3.63, 3.8) is 0 Å². The fraction of sp³-hybridized carbons (Fsp3) is 0.158. The fourth-order valence-electron chi connectivity index (χ4n) is 2.63. The summed E-state index contributed by atoms with van der Waals surface area (Å²) in [7, 11) is 1.57. The number of halogens is 1. The number of nitrogens with zero attached hydrogens (tertiary/aromatic N) is 2. The molecule has 1 heterocycles. The van der Waals surface area contributed by atoms with E-state index in [0.717, 1.165) is 22.2 Å². The third-order valence-electron chi connectivity index (χ3n) is 3.91. The van der Waals surface area contributed by atoms with Crippen LogP contribution in [0.25, 0.3) is 15.7 Å². The highest BCUT2D eigenvalue weighted by molar-refractivity contribution is 6.32. The van der Waals surface area contributed by atoms with Crippen molar-refractivity contribution in [3.8, 4) is 5.75 Å². The molecule has 25 heavy (non-hydrogen) atoms. The molecule has 2 N–H and O–H groups in total. The Bertz CT molecular complexity index is 967. The molecule has 0 unspecified atom stereocenters. The SMILES string of the molecule is [C-]#[N+]c1ccc2ncc(CO)c(NCc3ccc(OC)c(Cl)c3)c2c1. The Morgan fingerprint density at radius 3 is 2.80 bits per heavy atom. The van der Waals surface area contributed by atoms with Crippen LogP contribution in [0.15, 0.2) is 42.6 Å². The zero-order valence-corrected chi connectivity index (χ0v) is 14.3. The van der Waals surface area contributed by atoms with Crippen LogP contribution in [0.5, 0.6) is 5.75 Å². The summed E-state index contributed by atoms with van der Waals surface area (Å²) >= 11 is 6.17. The average molecular weight is 354 g/mol. The molecule has 3 aromatic rings. The highest BCUT2D eigenvalue weighted by Crippen LogP contribution is 2.31. The summed E-state index contributed by atoms with van der Waals surface area (Å²) in [5, 5.41) is 14.3. The number of aliphatic hydroxyl groups is 1. The molecule has 1 aromatic heterocycles. The third kappa shape index (κ3) is 3.50. The van der Waals surface area contributed by atoms with Gasteiger partial charge in [-0.05, 0) is 29.8 Å². The Hall–Kier alpha value is -2.81. The van der Waals surface area contributed by atoms with Crippen molar-refractivity contribution >= 4 is 33.9 Å². The summed E-state index contributed by atoms with van der Waals surface area (Å²) in [5.41, 5.74) is 3.71. The largest absolute Gasteiger partial charge is 0.495 e. The second-order valence-corrected chi connectivity index (χ2v) is 5.86. The average Bonchev–Trinajstić information content (AvgIpc) is 2.65. The molecular formula is C19H16ClN3O2. The van der Waals surface area contributed by atoms with E-state index in [-0.39, 0.29) is 6.61 Å². The van der Waals surface area contributed by atoms with E-state index < -0.39 is 0 Å². The highest BCUT2D eigenvalue weighted by Gasteiger charge is 2.10. The van der Waals surface area contributed by atoms with Gasteiger partial charge in [0.1, 0.15) is 5.75 Å². The number of pyridine rings is 1. The lowest BCUT2D eigenvalue weighted by atomic mass is 10.1. The van der Waals surface area contributed by atoms with Crippen molar-refractivity contribution in [2.24, 2.45) is 0 Å². The zero-order valence-electron chi connectivity index (χ0n) is 13.6. The molecule has 6 heteroatoms. The van der Waals surface area contributed by atoms with Crippen LogP contribution in [-0.2, 0) is 13.2 Å². The van der Waals surface area contributed by atoms with Gasteiger partial charge in [0.05, 0.1) is 30.8 Å². The van der Waals surface area contributed by atoms with E-state index in [4.69, 9.17) is 22.9 Å². The fourth-order valence-corrected chi connectivity index (χ4v) is 2.91. The molecule has 0 aliphatic heterocycles. The predicted octanol–water partition coefficient (Wildman–Crippen LogP) is 4.55. The number of hydrogen-bond donors (Lipinski definition) is 2. The summed E-state index contributed by atoms with van der Waals surface area (Å²) in [6.07, 6.45) is 1.64. The van der Waals surface area contributed by atoms with Gasteiger partial charge >= 0.3 is 0 Å². The molecule has 0 aliphatic carbocycles. The Kier molecular flexibility index (Phi) is 5.03. The van der Waals surface area contributed by atoms with Gasteiger partial charge in [-0.2, -0.15) is 0 Å². The van der Waals surface area contributed by atoms with Crippen LogP contribution in [0, 0.1) is 6.57 Å². The lowest BCUT2D eigenvalue weighted by molar-refractivity contribution is 0.282. The molecule has 0 saturated heterocycles. The highest BCUT2D eigenvalue weighted by atomic mass is 35.5. The van der Waals surface area contributed by atoms with E-state index in [1.165, 1.54) is 0 Å². The number of benzene rings is 2. The molecule has 0 aliphatic rings. The van der Waals surface area contributed by atoms with Crippen molar-refractivity contribution in [2.45, 2.75) is 13.2 Å². The standard InChI is InChI=1S/C19H16ClN3O2/c1-21-14-4-5-17-15(8-14)19(13(11-24)10-22-17)23-9-12-3-6-18(25-2)16(20)7-12/h3-8,10,24H,9,11H2,2H3,(H,22,23). The van der Waals surface area contributed by atoms with Gasteiger partial charge in [0.15, 0.2) is 5.69 Å². The van der Waals surface area contributed by atoms with Crippen molar-refractivity contribution < 1.29 is 9.84 Å². The maximum absolute atomic E-state index is 9.64. The van der Waals surface area contributed by atoms with Gasteiger partial charge in [0.25, 0.3) is 0 Å². The minimum Gasteiger partial charge on any atom is -0.495 e. The molecule has 0 amide bonds. The molecule has 0 saturated carbocycles. The number of methoxy groups -OCH3 is 1. The smallest absolute Gasteiger partial charge is 0.188 e. The first-order valence-corrected chi connectivity index (χ1v) is 8.00. The minimum absolute atomic E-state index is 0.142. The quantitative estimate of drug-likeness (QED) is 0.660. The number of ether oxygens (including phenoxy) is 1. The Labute approximate surface area is 150 Å². The minimum atomic E-state index is -0.142. The van der Waals surface area contributed by atoms with E-state index in [1.54, 1.807) is 31.5 Å². The van der Waals surface area contributed by atoms with Crippen LogP contribution in [0.3, 0.4) is 0 Å². The molecular weight excluding hydrogens is 338 g/mol. The summed E-state index contributed by atoms with van der Waals surface area (Å²) in [4.78, 5) is 7.81. The Balaban J connectivity index is 1.97. The molecule has 2 aromatic carbocycles. The first-order chi connectivity index (χ1) is 12.2. The number of nitrogens with one attached hydrogen (secondary N) is 1. The van der Waals surface area contributed by atoms with Crippen LogP contribution in [0.1, 0.15) is 11.1 Å². The number of aliphatic hydroxyl groups excluding tert-OH is 1. The molecule has 0 radical (unpaired) electrons. The summed E-state index contributed by atoms with van der Waals surface area (Å²) in [6, 6.07) is 10.9. The molecule has 0 spiro atoms. The van der Waals surface area contributed by atoms with Crippen molar-refractivity contribution in [2.75, 3.05) is 12.4 Å². The number of rotatable bonds is 5. The first kappa shape index (κ1) is 17.0. The van der Waals surface area contributed by atoms with Crippen molar-refractivity contribution in [3.05, 3.63) is 70.2 Å². The van der Waals surface area contributed by atoms with Gasteiger partial charge in [-0.1, -0.05) is 23.7 Å². The third-order valence-corrected chi connectivity index (χ3v) is 4.21. The maximum atomic E-state index is 9.64. The lowest BCUT2D eigenvalue weighted by Crippen LogP contribution is -2.04. The maximum Gasteiger partial charge on any atom is 0.188 e. The molecule has 5 nitrogen and oxygen atoms in total. The van der Waals surface area contributed by atoms with E-state index in [0.29, 0.717) is 28.6 Å². The Morgan fingerprint density at radius 2 is 2.12 bits per heavy atom. The van der Waals surface area contributed by atoms with Gasteiger partial charge in [-0.3, -0.25) is 4.98 Å². The molecule has 3 rings (SSSR count). The first-order valence-electron chi connectivity index (χ1n) is 7.62. The van der Waals surface area contributed by atoms with Crippen LogP contribution >= 0.6 is 11.6 Å².